The van der Waals surface area contributed by atoms with Gasteiger partial charge >= 0.3 is 0 Å². The molecule has 1 N–H and O–H groups in total. The second-order valence-corrected chi connectivity index (χ2v) is 1.82. The molecule has 5 nitrogen and oxygen atoms in total. The number of rotatable bonds is 2. The Morgan fingerprint density at radius 3 is 2.14 bits per heavy atom. The van der Waals surface area contributed by atoms with Gasteiger partial charge in [-0.2, -0.15) is 0 Å². The number of hydrogen-bond acceptors (Lipinski definition) is 5. The molecule has 0 bridgehead atoms. The van der Waals surface area contributed by atoms with Crippen LogP contribution in [0, 0.1) is 0 Å². The quantitative estimate of drug-likeness (QED) is 0.339. The average molecular weight is 125 g/mol. The zero-order chi connectivity index (χ0) is 5.91. The lowest BCUT2D eigenvalue weighted by Crippen LogP contribution is -2.21. The molecule has 0 rings (SSSR count). The predicted octanol–water partition coefficient (Wildman–Crippen LogP) is -2.03. The van der Waals surface area contributed by atoms with Gasteiger partial charge < -0.3 is 14.4 Å². The van der Waals surface area contributed by atoms with Crippen molar-refractivity contribution >= 4 is 7.82 Å². The molecule has 0 atom stereocenters. The van der Waals surface area contributed by atoms with Crippen LogP contribution in [-0.4, -0.2) is 7.05 Å². The van der Waals surface area contributed by atoms with Crippen molar-refractivity contribution in [1.29, 1.82) is 0 Å². The van der Waals surface area contributed by atoms with Gasteiger partial charge in [-0.25, -0.2) is 5.48 Å². The first kappa shape index (κ1) is 7.07. The Morgan fingerprint density at radius 2 is 2.14 bits per heavy atom. The summed E-state index contributed by atoms with van der Waals surface area (Å²) in [5.74, 6) is 0. The Labute approximate surface area is 40.5 Å². The first-order valence-corrected chi connectivity index (χ1v) is 2.90. The third-order valence-electron chi connectivity index (χ3n) is 0.203. The summed E-state index contributed by atoms with van der Waals surface area (Å²) < 4.78 is 12.8. The Balaban J connectivity index is 3.36. The first-order valence-electron chi connectivity index (χ1n) is 1.43. The van der Waals surface area contributed by atoms with Crippen molar-refractivity contribution in [3.05, 3.63) is 0 Å². The molecule has 0 saturated carbocycles. The molecule has 0 radical (unpaired) electrons. The summed E-state index contributed by atoms with van der Waals surface area (Å²) in [4.78, 5) is 18.8. The maximum Gasteiger partial charge on any atom is 0.0842 e. The lowest BCUT2D eigenvalue weighted by molar-refractivity contribution is -0.345. The molecule has 0 spiro atoms. The minimum Gasteiger partial charge on any atom is -0.788 e. The van der Waals surface area contributed by atoms with Crippen molar-refractivity contribution in [3.63, 3.8) is 0 Å². The maximum absolute atomic E-state index is 9.42. The van der Waals surface area contributed by atoms with E-state index in [1.165, 1.54) is 7.05 Å². The minimum atomic E-state index is -4.78. The van der Waals surface area contributed by atoms with Crippen LogP contribution in [0.4, 0.5) is 0 Å². The van der Waals surface area contributed by atoms with Crippen LogP contribution in [0.3, 0.4) is 0 Å². The fourth-order valence-electron chi connectivity index (χ4n) is 0.112. The molecule has 0 aliphatic heterocycles. The third kappa shape index (κ3) is 6.07. The van der Waals surface area contributed by atoms with Crippen LogP contribution in [0.5, 0.6) is 0 Å². The van der Waals surface area contributed by atoms with Crippen LogP contribution in [0.2, 0.25) is 0 Å². The van der Waals surface area contributed by atoms with Crippen LogP contribution in [-0.2, 0) is 9.19 Å². The number of hydroxylamine groups is 1. The number of phosphoric acid groups is 1. The van der Waals surface area contributed by atoms with E-state index in [1.54, 1.807) is 5.48 Å². The number of hydrogen-bond donors (Lipinski definition) is 1. The molecule has 0 aliphatic rings. The van der Waals surface area contributed by atoms with Gasteiger partial charge in [0.05, 0.1) is 7.82 Å². The largest absolute Gasteiger partial charge is 0.788 e. The van der Waals surface area contributed by atoms with E-state index in [4.69, 9.17) is 0 Å². The van der Waals surface area contributed by atoms with Crippen LogP contribution >= 0.6 is 7.82 Å². The fraction of sp³-hybridized carbons (Fsp3) is 1.00. The van der Waals surface area contributed by atoms with Gasteiger partial charge in [0.1, 0.15) is 0 Å². The van der Waals surface area contributed by atoms with E-state index >= 15 is 0 Å². The highest BCUT2D eigenvalue weighted by molar-refractivity contribution is 7.43. The van der Waals surface area contributed by atoms with Crippen LogP contribution in [0.15, 0.2) is 0 Å². The molecule has 0 aromatic rings. The molecule has 0 unspecified atom stereocenters. The van der Waals surface area contributed by atoms with Crippen molar-refractivity contribution in [2.45, 2.75) is 0 Å². The average Bonchev–Trinajstić information content (AvgIpc) is 1.30. The molecule has 0 fully saturated rings. The molecular weight excluding hydrogens is 121 g/mol. The van der Waals surface area contributed by atoms with E-state index in [0.29, 0.717) is 0 Å². The lowest BCUT2D eigenvalue weighted by atomic mass is 11.6. The highest BCUT2D eigenvalue weighted by Crippen LogP contribution is 2.20. The Kier molecular flexibility index (Phi) is 2.42. The van der Waals surface area contributed by atoms with Gasteiger partial charge in [0.25, 0.3) is 0 Å². The van der Waals surface area contributed by atoms with Gasteiger partial charge in [0, 0.05) is 7.05 Å². The van der Waals surface area contributed by atoms with Gasteiger partial charge in [0.2, 0.25) is 0 Å². The fourth-order valence-corrected chi connectivity index (χ4v) is 0.335. The van der Waals surface area contributed by atoms with Crippen molar-refractivity contribution in [3.8, 4) is 0 Å². The Morgan fingerprint density at radius 1 is 1.71 bits per heavy atom. The van der Waals surface area contributed by atoms with Gasteiger partial charge in [0.15, 0.2) is 0 Å². The smallest absolute Gasteiger partial charge is 0.0842 e. The zero-order valence-electron chi connectivity index (χ0n) is 3.58. The summed E-state index contributed by atoms with van der Waals surface area (Å²) in [5, 5.41) is 0. The first-order chi connectivity index (χ1) is 3.06. The van der Waals surface area contributed by atoms with E-state index in [-0.39, 0.29) is 0 Å². The monoisotopic (exact) mass is 125 g/mol. The second kappa shape index (κ2) is 2.40. The van der Waals surface area contributed by atoms with Crippen molar-refractivity contribution in [2.24, 2.45) is 0 Å². The van der Waals surface area contributed by atoms with Gasteiger partial charge in [-0.05, 0) is 0 Å². The van der Waals surface area contributed by atoms with Crippen molar-refractivity contribution in [2.75, 3.05) is 7.05 Å². The molecule has 0 amide bonds. The maximum atomic E-state index is 9.42. The summed E-state index contributed by atoms with van der Waals surface area (Å²) in [6.45, 7) is 0. The minimum absolute atomic E-state index is 1.18. The molecule has 7 heavy (non-hydrogen) atoms. The standard InChI is InChI=1S/CH6NO4P/c1-2-6-7(3,4)5/h2H,1H3,(H2,3,4,5)/p-2. The highest BCUT2D eigenvalue weighted by Gasteiger charge is 1.81. The zero-order valence-corrected chi connectivity index (χ0v) is 4.47. The van der Waals surface area contributed by atoms with E-state index in [1.807, 2.05) is 0 Å². The summed E-state index contributed by atoms with van der Waals surface area (Å²) in [6.07, 6.45) is 0. The SMILES string of the molecule is CNOP(=O)([O-])[O-]. The van der Waals surface area contributed by atoms with Crippen LogP contribution in [0.1, 0.15) is 0 Å². The van der Waals surface area contributed by atoms with Crippen LogP contribution < -0.4 is 15.3 Å². The molecule has 0 saturated heterocycles. The van der Waals surface area contributed by atoms with Gasteiger partial charge in [-0.15, -0.1) is 0 Å². The van der Waals surface area contributed by atoms with Gasteiger partial charge in [-0.1, -0.05) is 0 Å². The summed E-state index contributed by atoms with van der Waals surface area (Å²) in [5.41, 5.74) is 1.72. The summed E-state index contributed by atoms with van der Waals surface area (Å²) >= 11 is 0. The van der Waals surface area contributed by atoms with Gasteiger partial charge in [-0.3, -0.25) is 4.62 Å². The molecule has 44 valence electrons. The Hall–Kier alpha value is 0.0700. The van der Waals surface area contributed by atoms with E-state index < -0.39 is 7.82 Å². The predicted molar refractivity (Wildman–Crippen MR) is 17.8 cm³/mol. The molecule has 0 aromatic heterocycles. The topological polar surface area (TPSA) is 84.5 Å². The van der Waals surface area contributed by atoms with E-state index in [2.05, 4.69) is 4.62 Å². The van der Waals surface area contributed by atoms with Crippen molar-refractivity contribution < 1.29 is 19.0 Å². The van der Waals surface area contributed by atoms with Crippen LogP contribution in [0.25, 0.3) is 0 Å². The lowest BCUT2D eigenvalue weighted by Gasteiger charge is -2.26. The van der Waals surface area contributed by atoms with E-state index in [0.717, 1.165) is 0 Å². The second-order valence-electron chi connectivity index (χ2n) is 0.743. The Bertz CT molecular complexity index is 85.7. The molecular formula is CH4NO4P-2. The third-order valence-corrected chi connectivity index (χ3v) is 0.609. The van der Waals surface area contributed by atoms with Crippen molar-refractivity contribution in [1.82, 2.24) is 5.48 Å². The molecule has 0 aromatic carbocycles. The summed E-state index contributed by atoms with van der Waals surface area (Å²) in [7, 11) is -3.59. The molecule has 0 aliphatic carbocycles. The highest BCUT2D eigenvalue weighted by atomic mass is 31.2. The normalized spacial score (nSPS) is 11.9. The number of nitrogens with one attached hydrogen (secondary N) is 1. The van der Waals surface area contributed by atoms with E-state index in [9.17, 15) is 14.4 Å². The summed E-state index contributed by atoms with van der Waals surface area (Å²) in [6, 6.07) is 0. The molecule has 0 heterocycles. The molecule has 6 heteroatoms.